The molecule has 0 aromatic carbocycles. The first-order valence-electron chi connectivity index (χ1n) is 7.63. The standard InChI is InChI=1S/C16H27N3/c1-19(14-8-16-6-11-18-12-7-16)13-2-3-15-4-9-17-10-5-15/h6-7,11-12,15,17H,2-5,8-10,13-14H2,1H3. The van der Waals surface area contributed by atoms with Crippen molar-refractivity contribution in [2.24, 2.45) is 5.92 Å². The molecular formula is C16H27N3. The second kappa shape index (κ2) is 8.28. The van der Waals surface area contributed by atoms with Crippen molar-refractivity contribution in [3.63, 3.8) is 0 Å². The van der Waals surface area contributed by atoms with E-state index in [2.05, 4.69) is 34.4 Å². The van der Waals surface area contributed by atoms with Gasteiger partial charge in [0, 0.05) is 18.9 Å². The van der Waals surface area contributed by atoms with Crippen molar-refractivity contribution in [2.45, 2.75) is 32.1 Å². The van der Waals surface area contributed by atoms with Gasteiger partial charge in [0.25, 0.3) is 0 Å². The molecule has 2 heterocycles. The fraction of sp³-hybridized carbons (Fsp3) is 0.688. The van der Waals surface area contributed by atoms with Gasteiger partial charge in [-0.3, -0.25) is 4.98 Å². The van der Waals surface area contributed by atoms with Crippen LogP contribution in [-0.4, -0.2) is 43.1 Å². The molecule has 1 aromatic heterocycles. The van der Waals surface area contributed by atoms with Gasteiger partial charge in [0.05, 0.1) is 0 Å². The summed E-state index contributed by atoms with van der Waals surface area (Å²) in [5.74, 6) is 0.967. The van der Waals surface area contributed by atoms with Crippen molar-refractivity contribution in [1.82, 2.24) is 15.2 Å². The van der Waals surface area contributed by atoms with Crippen LogP contribution in [0.1, 0.15) is 31.2 Å². The van der Waals surface area contributed by atoms with Gasteiger partial charge in [-0.25, -0.2) is 0 Å². The monoisotopic (exact) mass is 261 g/mol. The fourth-order valence-electron chi connectivity index (χ4n) is 2.80. The Kier molecular flexibility index (Phi) is 6.31. The van der Waals surface area contributed by atoms with Gasteiger partial charge in [-0.1, -0.05) is 0 Å². The van der Waals surface area contributed by atoms with Crippen LogP contribution >= 0.6 is 0 Å². The molecule has 0 unspecified atom stereocenters. The molecule has 0 atom stereocenters. The molecule has 0 spiro atoms. The molecule has 1 aliphatic rings. The minimum absolute atomic E-state index is 0.967. The summed E-state index contributed by atoms with van der Waals surface area (Å²) in [5, 5.41) is 3.44. The van der Waals surface area contributed by atoms with Gasteiger partial charge in [-0.2, -0.15) is 0 Å². The highest BCUT2D eigenvalue weighted by molar-refractivity contribution is 5.09. The molecule has 0 bridgehead atoms. The van der Waals surface area contributed by atoms with E-state index in [0.29, 0.717) is 0 Å². The number of piperidine rings is 1. The van der Waals surface area contributed by atoms with Crippen LogP contribution < -0.4 is 5.32 Å². The zero-order valence-electron chi connectivity index (χ0n) is 12.1. The van der Waals surface area contributed by atoms with Gasteiger partial charge in [0.1, 0.15) is 0 Å². The number of hydrogen-bond donors (Lipinski definition) is 1. The minimum atomic E-state index is 0.967. The van der Waals surface area contributed by atoms with Gasteiger partial charge >= 0.3 is 0 Å². The Hall–Kier alpha value is -0.930. The summed E-state index contributed by atoms with van der Waals surface area (Å²) in [6.07, 6.45) is 10.4. The smallest absolute Gasteiger partial charge is 0.0270 e. The lowest BCUT2D eigenvalue weighted by atomic mass is 9.93. The molecule has 0 aliphatic carbocycles. The van der Waals surface area contributed by atoms with Crippen LogP contribution in [0.4, 0.5) is 0 Å². The summed E-state index contributed by atoms with van der Waals surface area (Å²) in [7, 11) is 2.24. The Morgan fingerprint density at radius 1 is 1.21 bits per heavy atom. The average Bonchev–Trinajstić information content (AvgIpc) is 2.47. The number of rotatable bonds is 7. The van der Waals surface area contributed by atoms with E-state index in [4.69, 9.17) is 0 Å². The molecule has 106 valence electrons. The van der Waals surface area contributed by atoms with Crippen molar-refractivity contribution < 1.29 is 0 Å². The Bertz CT molecular complexity index is 333. The van der Waals surface area contributed by atoms with Gasteiger partial charge in [0.2, 0.25) is 0 Å². The first-order chi connectivity index (χ1) is 9.34. The summed E-state index contributed by atoms with van der Waals surface area (Å²) in [6, 6.07) is 4.23. The van der Waals surface area contributed by atoms with Crippen molar-refractivity contribution in [3.05, 3.63) is 30.1 Å². The zero-order valence-corrected chi connectivity index (χ0v) is 12.1. The van der Waals surface area contributed by atoms with Crippen LogP contribution in [0.5, 0.6) is 0 Å². The molecule has 3 nitrogen and oxygen atoms in total. The molecule has 1 saturated heterocycles. The third-order valence-electron chi connectivity index (χ3n) is 4.14. The SMILES string of the molecule is CN(CCCC1CCNCC1)CCc1ccncc1. The molecule has 3 heteroatoms. The lowest BCUT2D eigenvalue weighted by Crippen LogP contribution is -2.28. The number of nitrogens with one attached hydrogen (secondary N) is 1. The van der Waals surface area contributed by atoms with Crippen LogP contribution in [0.3, 0.4) is 0 Å². The maximum Gasteiger partial charge on any atom is 0.0270 e. The van der Waals surface area contributed by atoms with Gasteiger partial charge in [-0.05, 0) is 82.4 Å². The van der Waals surface area contributed by atoms with E-state index in [0.717, 1.165) is 18.9 Å². The number of hydrogen-bond acceptors (Lipinski definition) is 3. The molecule has 0 amide bonds. The van der Waals surface area contributed by atoms with E-state index in [1.165, 1.54) is 50.9 Å². The lowest BCUT2D eigenvalue weighted by Gasteiger charge is -2.23. The molecule has 1 aliphatic heterocycles. The second-order valence-electron chi connectivity index (χ2n) is 5.74. The molecule has 2 rings (SSSR count). The molecule has 1 fully saturated rings. The third kappa shape index (κ3) is 5.70. The first-order valence-corrected chi connectivity index (χ1v) is 7.63. The molecule has 1 aromatic rings. The summed E-state index contributed by atoms with van der Waals surface area (Å²) < 4.78 is 0. The average molecular weight is 261 g/mol. The second-order valence-corrected chi connectivity index (χ2v) is 5.74. The van der Waals surface area contributed by atoms with E-state index in [1.54, 1.807) is 0 Å². The highest BCUT2D eigenvalue weighted by atomic mass is 15.1. The maximum atomic E-state index is 4.06. The van der Waals surface area contributed by atoms with Crippen LogP contribution in [-0.2, 0) is 6.42 Å². The highest BCUT2D eigenvalue weighted by Crippen LogP contribution is 2.17. The quantitative estimate of drug-likeness (QED) is 0.816. The predicted molar refractivity (Wildman–Crippen MR) is 80.3 cm³/mol. The van der Waals surface area contributed by atoms with Crippen LogP contribution in [0.15, 0.2) is 24.5 Å². The minimum Gasteiger partial charge on any atom is -0.317 e. The van der Waals surface area contributed by atoms with Crippen LogP contribution in [0.2, 0.25) is 0 Å². The Labute approximate surface area is 117 Å². The fourth-order valence-corrected chi connectivity index (χ4v) is 2.80. The lowest BCUT2D eigenvalue weighted by molar-refractivity contribution is 0.292. The zero-order chi connectivity index (χ0) is 13.3. The van der Waals surface area contributed by atoms with Crippen LogP contribution in [0.25, 0.3) is 0 Å². The Morgan fingerprint density at radius 2 is 1.95 bits per heavy atom. The molecule has 19 heavy (non-hydrogen) atoms. The highest BCUT2D eigenvalue weighted by Gasteiger charge is 2.12. The van der Waals surface area contributed by atoms with E-state index in [9.17, 15) is 0 Å². The Balaban J connectivity index is 1.55. The first kappa shape index (κ1) is 14.5. The number of likely N-dealkylation sites (N-methyl/N-ethyl adjacent to an activating group) is 1. The van der Waals surface area contributed by atoms with E-state index in [-0.39, 0.29) is 0 Å². The van der Waals surface area contributed by atoms with Gasteiger partial charge in [-0.15, -0.1) is 0 Å². The maximum absolute atomic E-state index is 4.06. The number of pyridine rings is 1. The molecule has 0 radical (unpaired) electrons. The van der Waals surface area contributed by atoms with Crippen molar-refractivity contribution in [1.29, 1.82) is 0 Å². The van der Waals surface area contributed by atoms with Gasteiger partial charge < -0.3 is 10.2 Å². The van der Waals surface area contributed by atoms with Crippen molar-refractivity contribution in [3.8, 4) is 0 Å². The van der Waals surface area contributed by atoms with Crippen molar-refractivity contribution >= 4 is 0 Å². The summed E-state index contributed by atoms with van der Waals surface area (Å²) in [4.78, 5) is 6.51. The van der Waals surface area contributed by atoms with Crippen LogP contribution in [0, 0.1) is 5.92 Å². The summed E-state index contributed by atoms with van der Waals surface area (Å²) in [6.45, 7) is 4.83. The van der Waals surface area contributed by atoms with E-state index >= 15 is 0 Å². The predicted octanol–water partition coefficient (Wildman–Crippen LogP) is 2.34. The normalized spacial score (nSPS) is 16.9. The number of aromatic nitrogens is 1. The Morgan fingerprint density at radius 3 is 2.68 bits per heavy atom. The van der Waals surface area contributed by atoms with Gasteiger partial charge in [0.15, 0.2) is 0 Å². The van der Waals surface area contributed by atoms with E-state index < -0.39 is 0 Å². The third-order valence-corrected chi connectivity index (χ3v) is 4.14. The van der Waals surface area contributed by atoms with E-state index in [1.807, 2.05) is 12.4 Å². The molecule has 0 saturated carbocycles. The number of nitrogens with zero attached hydrogens (tertiary/aromatic N) is 2. The molecular weight excluding hydrogens is 234 g/mol. The molecule has 1 N–H and O–H groups in total. The topological polar surface area (TPSA) is 28.2 Å². The van der Waals surface area contributed by atoms with Crippen molar-refractivity contribution in [2.75, 3.05) is 33.2 Å². The summed E-state index contributed by atoms with van der Waals surface area (Å²) >= 11 is 0. The largest absolute Gasteiger partial charge is 0.317 e. The summed E-state index contributed by atoms with van der Waals surface area (Å²) in [5.41, 5.74) is 1.39.